The van der Waals surface area contributed by atoms with E-state index < -0.39 is 5.69 Å². The van der Waals surface area contributed by atoms with E-state index in [0.29, 0.717) is 10.9 Å². The Hall–Kier alpha value is -2.56. The fourth-order valence-electron chi connectivity index (χ4n) is 1.93. The van der Waals surface area contributed by atoms with Crippen LogP contribution in [0.4, 0.5) is 0 Å². The molecule has 90 valence electrons. The van der Waals surface area contributed by atoms with Gasteiger partial charge in [-0.25, -0.2) is 4.79 Å². The molecule has 3 rings (SSSR count). The second-order valence-corrected chi connectivity index (χ2v) is 4.07. The van der Waals surface area contributed by atoms with Crippen LogP contribution >= 0.6 is 0 Å². The van der Waals surface area contributed by atoms with E-state index in [4.69, 9.17) is 4.42 Å². The van der Waals surface area contributed by atoms with Gasteiger partial charge in [-0.2, -0.15) is 4.57 Å². The number of H-pyrrole nitrogens is 1. The predicted molar refractivity (Wildman–Crippen MR) is 67.2 cm³/mol. The summed E-state index contributed by atoms with van der Waals surface area (Å²) in [5.74, 6) is 0.213. The number of rotatable bonds is 1. The molecule has 1 aromatic carbocycles. The van der Waals surface area contributed by atoms with Crippen LogP contribution in [0.2, 0.25) is 0 Å². The largest absolute Gasteiger partial charge is 0.448 e. The average molecular weight is 242 g/mol. The van der Waals surface area contributed by atoms with Crippen LogP contribution in [0, 0.1) is 6.92 Å². The first kappa shape index (κ1) is 10.6. The lowest BCUT2D eigenvalue weighted by Gasteiger charge is -2.03. The average Bonchev–Trinajstić information content (AvgIpc) is 2.84. The van der Waals surface area contributed by atoms with Crippen LogP contribution in [0.3, 0.4) is 0 Å². The highest BCUT2D eigenvalue weighted by molar-refractivity contribution is 5.78. The quantitative estimate of drug-likeness (QED) is 0.704. The van der Waals surface area contributed by atoms with Crippen LogP contribution in [-0.4, -0.2) is 9.55 Å². The molecule has 3 aromatic rings. The molecular weight excluding hydrogens is 232 g/mol. The van der Waals surface area contributed by atoms with E-state index in [1.807, 2.05) is 13.0 Å². The third kappa shape index (κ3) is 1.48. The topological polar surface area (TPSA) is 68.0 Å². The molecule has 0 aliphatic carbocycles. The molecule has 0 amide bonds. The van der Waals surface area contributed by atoms with Crippen LogP contribution in [-0.2, 0) is 0 Å². The van der Waals surface area contributed by atoms with E-state index in [1.54, 1.807) is 24.3 Å². The number of aromatic nitrogens is 2. The molecule has 0 aliphatic heterocycles. The van der Waals surface area contributed by atoms with Crippen molar-refractivity contribution < 1.29 is 4.42 Å². The lowest BCUT2D eigenvalue weighted by Crippen LogP contribution is -2.33. The molecule has 0 bridgehead atoms. The van der Waals surface area contributed by atoms with E-state index in [1.165, 1.54) is 6.26 Å². The number of nitrogens with zero attached hydrogens (tertiary/aromatic N) is 1. The predicted octanol–water partition coefficient (Wildman–Crippen LogP) is 1.58. The molecule has 0 unspecified atom stereocenters. The summed E-state index contributed by atoms with van der Waals surface area (Å²) in [6.45, 7) is 1.89. The fraction of sp³-hybridized carbons (Fsp3) is 0.0769. The van der Waals surface area contributed by atoms with Gasteiger partial charge in [-0.05, 0) is 25.1 Å². The number of aryl methyl sites for hydroxylation is 1. The van der Waals surface area contributed by atoms with Gasteiger partial charge < -0.3 is 9.40 Å². The van der Waals surface area contributed by atoms with Crippen molar-refractivity contribution in [2.45, 2.75) is 6.92 Å². The summed E-state index contributed by atoms with van der Waals surface area (Å²) in [6.07, 6.45) is 1.42. The van der Waals surface area contributed by atoms with Gasteiger partial charge in [-0.3, -0.25) is 4.79 Å². The zero-order valence-corrected chi connectivity index (χ0v) is 9.64. The third-order valence-electron chi connectivity index (χ3n) is 2.78. The Morgan fingerprint density at radius 1 is 1.22 bits per heavy atom. The van der Waals surface area contributed by atoms with Crippen molar-refractivity contribution in [1.29, 1.82) is 0 Å². The summed E-state index contributed by atoms with van der Waals surface area (Å²) in [4.78, 5) is 26.8. The number of aromatic amines is 1. The molecule has 0 atom stereocenters. The first-order valence-corrected chi connectivity index (χ1v) is 5.46. The standard InChI is InChI=1S/C13H10N2O3/c1-8-4-5-10-9(7-8)12(16)15(13(17)14-10)11-3-2-6-18-11/h2-7H,1H3,(H,14,17). The van der Waals surface area contributed by atoms with Crippen molar-refractivity contribution in [3.63, 3.8) is 0 Å². The van der Waals surface area contributed by atoms with Gasteiger partial charge >= 0.3 is 5.69 Å². The second kappa shape index (κ2) is 3.73. The van der Waals surface area contributed by atoms with Gasteiger partial charge in [-0.1, -0.05) is 11.6 Å². The zero-order valence-electron chi connectivity index (χ0n) is 9.64. The van der Waals surface area contributed by atoms with Crippen LogP contribution in [0.1, 0.15) is 5.56 Å². The van der Waals surface area contributed by atoms with E-state index in [2.05, 4.69) is 4.98 Å². The van der Waals surface area contributed by atoms with Gasteiger partial charge in [-0.15, -0.1) is 0 Å². The number of hydrogen-bond acceptors (Lipinski definition) is 3. The zero-order chi connectivity index (χ0) is 12.7. The molecular formula is C13H10N2O3. The van der Waals surface area contributed by atoms with Crippen LogP contribution in [0.5, 0.6) is 0 Å². The molecule has 0 saturated heterocycles. The van der Waals surface area contributed by atoms with Crippen LogP contribution < -0.4 is 11.2 Å². The normalized spacial score (nSPS) is 10.9. The van der Waals surface area contributed by atoms with Gasteiger partial charge in [0.2, 0.25) is 5.88 Å². The molecule has 5 heteroatoms. The molecule has 0 aliphatic rings. The van der Waals surface area contributed by atoms with Gasteiger partial charge in [0, 0.05) is 6.07 Å². The maximum absolute atomic E-state index is 12.3. The number of fused-ring (bicyclic) bond motifs is 1. The van der Waals surface area contributed by atoms with Crippen molar-refractivity contribution in [1.82, 2.24) is 9.55 Å². The second-order valence-electron chi connectivity index (χ2n) is 4.07. The molecule has 0 fully saturated rings. The van der Waals surface area contributed by atoms with Gasteiger partial charge in [0.1, 0.15) is 0 Å². The molecule has 5 nitrogen and oxygen atoms in total. The summed E-state index contributed by atoms with van der Waals surface area (Å²) in [5.41, 5.74) is 0.592. The summed E-state index contributed by atoms with van der Waals surface area (Å²) in [6, 6.07) is 8.50. The number of hydrogen-bond donors (Lipinski definition) is 1. The lowest BCUT2D eigenvalue weighted by molar-refractivity contribution is 0.528. The number of benzene rings is 1. The Labute approximate surface area is 101 Å². The maximum Gasteiger partial charge on any atom is 0.335 e. The van der Waals surface area contributed by atoms with Crippen molar-refractivity contribution in [2.24, 2.45) is 0 Å². The summed E-state index contributed by atoms with van der Waals surface area (Å²) < 4.78 is 6.09. The lowest BCUT2D eigenvalue weighted by atomic mass is 10.2. The van der Waals surface area contributed by atoms with Crippen molar-refractivity contribution in [2.75, 3.05) is 0 Å². The molecule has 1 N–H and O–H groups in total. The molecule has 18 heavy (non-hydrogen) atoms. The number of nitrogens with one attached hydrogen (secondary N) is 1. The number of furan rings is 1. The highest BCUT2D eigenvalue weighted by atomic mass is 16.3. The first-order chi connectivity index (χ1) is 8.66. The Bertz CT molecular complexity index is 826. The molecule has 0 radical (unpaired) electrons. The van der Waals surface area contributed by atoms with Crippen molar-refractivity contribution in [3.05, 3.63) is 63.0 Å². The minimum absolute atomic E-state index is 0.213. The maximum atomic E-state index is 12.3. The Morgan fingerprint density at radius 3 is 2.78 bits per heavy atom. The van der Waals surface area contributed by atoms with Crippen molar-refractivity contribution in [3.8, 4) is 5.88 Å². The Balaban J connectivity index is 2.48. The smallest absolute Gasteiger partial charge is 0.335 e. The Morgan fingerprint density at radius 2 is 2.06 bits per heavy atom. The molecule has 0 saturated carbocycles. The highest BCUT2D eigenvalue weighted by Crippen LogP contribution is 2.09. The van der Waals surface area contributed by atoms with Gasteiger partial charge in [0.25, 0.3) is 5.56 Å². The molecule has 0 spiro atoms. The molecule has 2 aromatic heterocycles. The van der Waals surface area contributed by atoms with E-state index >= 15 is 0 Å². The third-order valence-corrected chi connectivity index (χ3v) is 2.78. The minimum atomic E-state index is -0.508. The monoisotopic (exact) mass is 242 g/mol. The van der Waals surface area contributed by atoms with Crippen LogP contribution in [0.15, 0.2) is 50.6 Å². The van der Waals surface area contributed by atoms with E-state index in [0.717, 1.165) is 10.1 Å². The van der Waals surface area contributed by atoms with E-state index in [9.17, 15) is 9.59 Å². The van der Waals surface area contributed by atoms with Gasteiger partial charge in [0.15, 0.2) is 0 Å². The summed E-state index contributed by atoms with van der Waals surface area (Å²) in [7, 11) is 0. The Kier molecular flexibility index (Phi) is 2.19. The molecule has 2 heterocycles. The highest BCUT2D eigenvalue weighted by Gasteiger charge is 2.10. The van der Waals surface area contributed by atoms with Crippen molar-refractivity contribution >= 4 is 10.9 Å². The van der Waals surface area contributed by atoms with Gasteiger partial charge in [0.05, 0.1) is 17.2 Å². The summed E-state index contributed by atoms with van der Waals surface area (Å²) in [5, 5.41) is 0.464. The SMILES string of the molecule is Cc1ccc2[nH]c(=O)n(-c3ccco3)c(=O)c2c1. The fourth-order valence-corrected chi connectivity index (χ4v) is 1.93. The minimum Gasteiger partial charge on any atom is -0.448 e. The first-order valence-electron chi connectivity index (χ1n) is 5.46. The summed E-state index contributed by atoms with van der Waals surface area (Å²) >= 11 is 0. The van der Waals surface area contributed by atoms with Crippen LogP contribution in [0.25, 0.3) is 16.8 Å². The van der Waals surface area contributed by atoms with E-state index in [-0.39, 0.29) is 11.4 Å².